The molecule has 2 unspecified atom stereocenters. The minimum Gasteiger partial charge on any atom is -0.381 e. The van der Waals surface area contributed by atoms with Gasteiger partial charge in [-0.15, -0.1) is 0 Å². The highest BCUT2D eigenvalue weighted by atomic mass is 32.1. The number of amides is 1. The molecule has 2 heterocycles. The number of thiophene rings is 1. The van der Waals surface area contributed by atoms with Crippen molar-refractivity contribution in [1.82, 2.24) is 10.2 Å². The van der Waals surface area contributed by atoms with Gasteiger partial charge < -0.3 is 9.64 Å². The number of nitrogens with one attached hydrogen (secondary N) is 1. The van der Waals surface area contributed by atoms with Gasteiger partial charge in [-0.3, -0.25) is 10.1 Å². The van der Waals surface area contributed by atoms with Crippen LogP contribution in [0, 0.1) is 0 Å². The quantitative estimate of drug-likeness (QED) is 0.750. The van der Waals surface area contributed by atoms with E-state index in [2.05, 4.69) is 29.1 Å². The minimum atomic E-state index is -0.0449. The van der Waals surface area contributed by atoms with Gasteiger partial charge in [0.25, 0.3) is 0 Å². The molecule has 1 aliphatic heterocycles. The maximum absolute atomic E-state index is 12.4. The Morgan fingerprint density at radius 3 is 2.90 bits per heavy atom. The SMILES string of the molecule is CCCOCCCN1C(=O)C(CC)NC1c1ccsc1. The summed E-state index contributed by atoms with van der Waals surface area (Å²) in [5.74, 6) is 0.221. The molecule has 1 aromatic rings. The van der Waals surface area contributed by atoms with E-state index in [0.717, 1.165) is 39.0 Å². The summed E-state index contributed by atoms with van der Waals surface area (Å²) in [4.78, 5) is 14.4. The molecule has 2 rings (SSSR count). The van der Waals surface area contributed by atoms with Crippen molar-refractivity contribution in [3.05, 3.63) is 22.4 Å². The van der Waals surface area contributed by atoms with E-state index in [4.69, 9.17) is 4.74 Å². The molecular weight excluding hydrogens is 272 g/mol. The van der Waals surface area contributed by atoms with Crippen molar-refractivity contribution < 1.29 is 9.53 Å². The lowest BCUT2D eigenvalue weighted by Crippen LogP contribution is -2.32. The second-order valence-corrected chi connectivity index (χ2v) is 5.86. The number of carbonyl (C=O) groups is 1. The lowest BCUT2D eigenvalue weighted by Gasteiger charge is -2.23. The van der Waals surface area contributed by atoms with Gasteiger partial charge in [0.2, 0.25) is 5.91 Å². The first-order chi connectivity index (χ1) is 9.77. The van der Waals surface area contributed by atoms with Crippen LogP contribution < -0.4 is 5.32 Å². The van der Waals surface area contributed by atoms with E-state index in [1.165, 1.54) is 5.56 Å². The maximum Gasteiger partial charge on any atom is 0.241 e. The molecule has 0 bridgehead atoms. The Morgan fingerprint density at radius 1 is 1.40 bits per heavy atom. The summed E-state index contributed by atoms with van der Waals surface area (Å²) in [6.07, 6.45) is 2.80. The molecule has 4 nitrogen and oxygen atoms in total. The van der Waals surface area contributed by atoms with E-state index in [-0.39, 0.29) is 18.1 Å². The lowest BCUT2D eigenvalue weighted by atomic mass is 10.2. The Labute approximate surface area is 125 Å². The van der Waals surface area contributed by atoms with Crippen molar-refractivity contribution in [3.63, 3.8) is 0 Å². The van der Waals surface area contributed by atoms with Crippen LogP contribution in [0.25, 0.3) is 0 Å². The molecule has 1 amide bonds. The predicted molar refractivity (Wildman–Crippen MR) is 81.7 cm³/mol. The molecule has 1 aromatic heterocycles. The van der Waals surface area contributed by atoms with E-state index in [0.29, 0.717) is 0 Å². The van der Waals surface area contributed by atoms with E-state index >= 15 is 0 Å². The third-order valence-corrected chi connectivity index (χ3v) is 4.26. The van der Waals surface area contributed by atoms with E-state index in [1.54, 1.807) is 11.3 Å². The van der Waals surface area contributed by atoms with Crippen LogP contribution in [0.3, 0.4) is 0 Å². The number of hydrogen-bond donors (Lipinski definition) is 1. The first-order valence-electron chi connectivity index (χ1n) is 7.44. The number of hydrogen-bond acceptors (Lipinski definition) is 4. The lowest BCUT2D eigenvalue weighted by molar-refractivity contribution is -0.130. The monoisotopic (exact) mass is 296 g/mol. The summed E-state index contributed by atoms with van der Waals surface area (Å²) in [6, 6.07) is 2.05. The highest BCUT2D eigenvalue weighted by Gasteiger charge is 2.38. The summed E-state index contributed by atoms with van der Waals surface area (Å²) in [7, 11) is 0. The predicted octanol–water partition coefficient (Wildman–Crippen LogP) is 2.77. The molecule has 20 heavy (non-hydrogen) atoms. The maximum atomic E-state index is 12.4. The molecule has 0 spiro atoms. The van der Waals surface area contributed by atoms with Crippen molar-refractivity contribution in [2.24, 2.45) is 0 Å². The number of ether oxygens (including phenoxy) is 1. The van der Waals surface area contributed by atoms with Crippen molar-refractivity contribution in [1.29, 1.82) is 0 Å². The molecule has 1 fully saturated rings. The average Bonchev–Trinajstić information content (AvgIpc) is 3.07. The van der Waals surface area contributed by atoms with Crippen LogP contribution in [-0.4, -0.2) is 36.6 Å². The zero-order chi connectivity index (χ0) is 14.4. The van der Waals surface area contributed by atoms with Crippen molar-refractivity contribution in [3.8, 4) is 0 Å². The van der Waals surface area contributed by atoms with Crippen LogP contribution >= 0.6 is 11.3 Å². The Kier molecular flexibility index (Phi) is 6.01. The van der Waals surface area contributed by atoms with Gasteiger partial charge in [-0.25, -0.2) is 0 Å². The zero-order valence-corrected chi connectivity index (χ0v) is 13.1. The second kappa shape index (κ2) is 7.76. The van der Waals surface area contributed by atoms with Crippen LogP contribution in [0.2, 0.25) is 0 Å². The van der Waals surface area contributed by atoms with Crippen molar-refractivity contribution in [2.45, 2.75) is 45.3 Å². The number of rotatable bonds is 8. The summed E-state index contributed by atoms with van der Waals surface area (Å²) in [5, 5.41) is 7.61. The molecule has 0 aliphatic carbocycles. The van der Waals surface area contributed by atoms with E-state index in [9.17, 15) is 4.79 Å². The Bertz CT molecular complexity index is 408. The average molecular weight is 296 g/mol. The molecular formula is C15H24N2O2S. The van der Waals surface area contributed by atoms with Crippen molar-refractivity contribution in [2.75, 3.05) is 19.8 Å². The van der Waals surface area contributed by atoms with Gasteiger partial charge in [-0.05, 0) is 41.7 Å². The van der Waals surface area contributed by atoms with Crippen molar-refractivity contribution >= 4 is 17.2 Å². The van der Waals surface area contributed by atoms with E-state index in [1.807, 2.05) is 11.8 Å². The molecule has 0 aromatic carbocycles. The van der Waals surface area contributed by atoms with Gasteiger partial charge in [0.15, 0.2) is 0 Å². The second-order valence-electron chi connectivity index (χ2n) is 5.08. The Morgan fingerprint density at radius 2 is 2.25 bits per heavy atom. The highest BCUT2D eigenvalue weighted by molar-refractivity contribution is 7.07. The van der Waals surface area contributed by atoms with E-state index < -0.39 is 0 Å². The molecule has 1 aliphatic rings. The molecule has 1 saturated heterocycles. The Balaban J connectivity index is 1.93. The highest BCUT2D eigenvalue weighted by Crippen LogP contribution is 2.27. The standard InChI is InChI=1S/C15H24N2O2S/c1-3-8-19-9-5-7-17-14(12-6-10-20-11-12)16-13(4-2)15(17)18/h6,10-11,13-14,16H,3-5,7-9H2,1-2H3. The van der Waals surface area contributed by atoms with Crippen LogP contribution in [0.5, 0.6) is 0 Å². The van der Waals surface area contributed by atoms with Gasteiger partial charge >= 0.3 is 0 Å². The normalized spacial score (nSPS) is 22.7. The van der Waals surface area contributed by atoms with Crippen LogP contribution in [0.15, 0.2) is 16.8 Å². The summed E-state index contributed by atoms with van der Waals surface area (Å²) < 4.78 is 5.50. The topological polar surface area (TPSA) is 41.6 Å². The van der Waals surface area contributed by atoms with Gasteiger partial charge in [-0.2, -0.15) is 11.3 Å². The molecule has 2 atom stereocenters. The number of carbonyl (C=O) groups excluding carboxylic acids is 1. The van der Waals surface area contributed by atoms with Gasteiger partial charge in [0.1, 0.15) is 6.17 Å². The fraction of sp³-hybridized carbons (Fsp3) is 0.667. The largest absolute Gasteiger partial charge is 0.381 e. The fourth-order valence-corrected chi connectivity index (χ4v) is 3.18. The van der Waals surface area contributed by atoms with Crippen LogP contribution in [0.4, 0.5) is 0 Å². The third-order valence-electron chi connectivity index (χ3n) is 3.56. The molecule has 1 N–H and O–H groups in total. The third kappa shape index (κ3) is 3.59. The first-order valence-corrected chi connectivity index (χ1v) is 8.38. The molecule has 0 saturated carbocycles. The minimum absolute atomic E-state index is 0.0323. The summed E-state index contributed by atoms with van der Waals surface area (Å²) in [6.45, 7) is 6.44. The first kappa shape index (κ1) is 15.5. The fourth-order valence-electron chi connectivity index (χ4n) is 2.50. The smallest absolute Gasteiger partial charge is 0.241 e. The zero-order valence-electron chi connectivity index (χ0n) is 12.3. The number of nitrogens with zero attached hydrogens (tertiary/aromatic N) is 1. The van der Waals surface area contributed by atoms with Gasteiger partial charge in [0, 0.05) is 19.8 Å². The van der Waals surface area contributed by atoms with Crippen LogP contribution in [0.1, 0.15) is 44.8 Å². The summed E-state index contributed by atoms with van der Waals surface area (Å²) >= 11 is 1.67. The van der Waals surface area contributed by atoms with Gasteiger partial charge in [0.05, 0.1) is 6.04 Å². The van der Waals surface area contributed by atoms with Gasteiger partial charge in [-0.1, -0.05) is 13.8 Å². The summed E-state index contributed by atoms with van der Waals surface area (Å²) in [5.41, 5.74) is 1.19. The molecule has 112 valence electrons. The van der Waals surface area contributed by atoms with Crippen LogP contribution in [-0.2, 0) is 9.53 Å². The molecule has 0 radical (unpaired) electrons. The molecule has 5 heteroatoms. The Hall–Kier alpha value is -0.910.